The van der Waals surface area contributed by atoms with Crippen LogP contribution in [0.5, 0.6) is 0 Å². The van der Waals surface area contributed by atoms with E-state index >= 15 is 0 Å². The van der Waals surface area contributed by atoms with Gasteiger partial charge in [0.2, 0.25) is 0 Å². The average molecular weight is 311 g/mol. The summed E-state index contributed by atoms with van der Waals surface area (Å²) in [4.78, 5) is 33.4. The first-order chi connectivity index (χ1) is 11.1. The molecular formula is C17H13NO5. The van der Waals surface area contributed by atoms with E-state index in [1.54, 1.807) is 6.08 Å². The third-order valence-electron chi connectivity index (χ3n) is 2.96. The van der Waals surface area contributed by atoms with Crippen LogP contribution in [0.15, 0.2) is 60.7 Å². The Morgan fingerprint density at radius 2 is 1.70 bits per heavy atom. The van der Waals surface area contributed by atoms with Crippen LogP contribution in [0.1, 0.15) is 15.9 Å². The second-order valence-corrected chi connectivity index (χ2v) is 4.58. The van der Waals surface area contributed by atoms with Crippen LogP contribution < -0.4 is 0 Å². The van der Waals surface area contributed by atoms with Gasteiger partial charge in [0.05, 0.1) is 4.92 Å². The molecule has 6 nitrogen and oxygen atoms in total. The van der Waals surface area contributed by atoms with Gasteiger partial charge in [-0.3, -0.25) is 14.9 Å². The number of nitrogens with zero attached hydrogens (tertiary/aromatic N) is 1. The number of carbonyl (C=O) groups excluding carboxylic acids is 2. The summed E-state index contributed by atoms with van der Waals surface area (Å²) in [5.74, 6) is -1.06. The van der Waals surface area contributed by atoms with Crippen molar-refractivity contribution >= 4 is 23.5 Å². The maximum absolute atomic E-state index is 11.8. The largest absolute Gasteiger partial charge is 0.454 e. The molecule has 0 aliphatic heterocycles. The lowest BCUT2D eigenvalue weighted by Gasteiger charge is -2.02. The molecular weight excluding hydrogens is 298 g/mol. The molecule has 0 atom stereocenters. The van der Waals surface area contributed by atoms with Crippen LogP contribution in [-0.2, 0) is 9.53 Å². The van der Waals surface area contributed by atoms with Crippen molar-refractivity contribution in [2.45, 2.75) is 0 Å². The third kappa shape index (κ3) is 4.89. The Balaban J connectivity index is 1.87. The van der Waals surface area contributed by atoms with Crippen LogP contribution in [0.4, 0.5) is 5.69 Å². The molecule has 0 saturated carbocycles. The van der Waals surface area contributed by atoms with E-state index in [-0.39, 0.29) is 11.3 Å². The lowest BCUT2D eigenvalue weighted by atomic mass is 10.1. The highest BCUT2D eigenvalue weighted by molar-refractivity contribution is 5.99. The summed E-state index contributed by atoms with van der Waals surface area (Å²) >= 11 is 0. The number of esters is 1. The molecule has 0 aromatic heterocycles. The van der Waals surface area contributed by atoms with E-state index in [0.29, 0.717) is 0 Å². The van der Waals surface area contributed by atoms with Gasteiger partial charge in [-0.15, -0.1) is 0 Å². The standard InChI is InChI=1S/C17H13NO5/c19-16(14-7-9-15(10-8-14)18(21)22)12-23-17(20)11-6-13-4-2-1-3-5-13/h1-11H,12H2. The molecule has 0 aliphatic rings. The number of nitro groups is 1. The van der Waals surface area contributed by atoms with Crippen LogP contribution in [0.2, 0.25) is 0 Å². The Hall–Kier alpha value is -3.28. The Bertz CT molecular complexity index is 735. The first kappa shape index (κ1) is 16.1. The van der Waals surface area contributed by atoms with E-state index < -0.39 is 23.3 Å². The fraction of sp³-hybridized carbons (Fsp3) is 0.0588. The molecule has 0 N–H and O–H groups in total. The average Bonchev–Trinajstić information content (AvgIpc) is 2.58. The molecule has 0 fully saturated rings. The van der Waals surface area contributed by atoms with Crippen molar-refractivity contribution < 1.29 is 19.2 Å². The van der Waals surface area contributed by atoms with Gasteiger partial charge in [-0.1, -0.05) is 30.3 Å². The third-order valence-corrected chi connectivity index (χ3v) is 2.96. The summed E-state index contributed by atoms with van der Waals surface area (Å²) in [5.41, 5.74) is 0.978. The number of Topliss-reactive ketones (excluding diaryl/α,β-unsaturated/α-hetero) is 1. The number of hydrogen-bond acceptors (Lipinski definition) is 5. The van der Waals surface area contributed by atoms with Gasteiger partial charge in [0.1, 0.15) is 0 Å². The number of ketones is 1. The van der Waals surface area contributed by atoms with Gasteiger partial charge in [-0.2, -0.15) is 0 Å². The Kier molecular flexibility index (Phi) is 5.35. The second-order valence-electron chi connectivity index (χ2n) is 4.58. The van der Waals surface area contributed by atoms with E-state index in [0.717, 1.165) is 5.56 Å². The minimum Gasteiger partial charge on any atom is -0.454 e. The van der Waals surface area contributed by atoms with Crippen molar-refractivity contribution in [3.63, 3.8) is 0 Å². The van der Waals surface area contributed by atoms with Crippen molar-refractivity contribution in [2.75, 3.05) is 6.61 Å². The molecule has 23 heavy (non-hydrogen) atoms. The van der Waals surface area contributed by atoms with Gasteiger partial charge < -0.3 is 4.74 Å². The molecule has 2 rings (SSSR count). The zero-order valence-corrected chi connectivity index (χ0v) is 12.0. The minimum absolute atomic E-state index is 0.107. The Labute approximate surface area is 132 Å². The monoisotopic (exact) mass is 311 g/mol. The van der Waals surface area contributed by atoms with Gasteiger partial charge in [-0.05, 0) is 23.8 Å². The van der Waals surface area contributed by atoms with Crippen molar-refractivity contribution in [3.05, 3.63) is 81.9 Å². The molecule has 0 spiro atoms. The lowest BCUT2D eigenvalue weighted by Crippen LogP contribution is -2.12. The first-order valence-corrected chi connectivity index (χ1v) is 6.74. The normalized spacial score (nSPS) is 10.4. The summed E-state index contributed by atoms with van der Waals surface area (Å²) in [5, 5.41) is 10.5. The molecule has 0 radical (unpaired) electrons. The van der Waals surface area contributed by atoms with E-state index in [4.69, 9.17) is 4.74 Å². The number of hydrogen-bond donors (Lipinski definition) is 0. The van der Waals surface area contributed by atoms with Gasteiger partial charge in [0, 0.05) is 23.8 Å². The zero-order valence-electron chi connectivity index (χ0n) is 12.0. The number of nitro benzene ring substituents is 1. The summed E-state index contributed by atoms with van der Waals surface area (Å²) in [6.07, 6.45) is 2.82. The molecule has 2 aromatic carbocycles. The van der Waals surface area contributed by atoms with E-state index in [2.05, 4.69) is 0 Å². The van der Waals surface area contributed by atoms with Crippen molar-refractivity contribution in [2.24, 2.45) is 0 Å². The van der Waals surface area contributed by atoms with Crippen LogP contribution in [0.3, 0.4) is 0 Å². The minimum atomic E-state index is -0.635. The molecule has 0 heterocycles. The molecule has 2 aromatic rings. The second kappa shape index (κ2) is 7.65. The maximum atomic E-state index is 11.8. The number of carbonyl (C=O) groups is 2. The SMILES string of the molecule is O=C(C=Cc1ccccc1)OCC(=O)c1ccc([N+](=O)[O-])cc1. The summed E-state index contributed by atoms with van der Waals surface area (Å²) < 4.78 is 4.85. The van der Waals surface area contributed by atoms with E-state index in [1.165, 1.54) is 30.3 Å². The Morgan fingerprint density at radius 3 is 2.30 bits per heavy atom. The van der Waals surface area contributed by atoms with E-state index in [9.17, 15) is 19.7 Å². The van der Waals surface area contributed by atoms with E-state index in [1.807, 2.05) is 30.3 Å². The highest BCUT2D eigenvalue weighted by Crippen LogP contribution is 2.12. The van der Waals surface area contributed by atoms with Crippen molar-refractivity contribution in [1.82, 2.24) is 0 Å². The van der Waals surface area contributed by atoms with Crippen LogP contribution in [0.25, 0.3) is 6.08 Å². The lowest BCUT2D eigenvalue weighted by molar-refractivity contribution is -0.384. The maximum Gasteiger partial charge on any atom is 0.331 e. The molecule has 6 heteroatoms. The quantitative estimate of drug-likeness (QED) is 0.269. The number of non-ortho nitro benzene ring substituents is 1. The number of ether oxygens (including phenoxy) is 1. The molecule has 116 valence electrons. The Morgan fingerprint density at radius 1 is 1.04 bits per heavy atom. The fourth-order valence-electron chi connectivity index (χ4n) is 1.77. The van der Waals surface area contributed by atoms with Gasteiger partial charge in [0.25, 0.3) is 5.69 Å². The van der Waals surface area contributed by atoms with Gasteiger partial charge in [0.15, 0.2) is 12.4 Å². The molecule has 0 bridgehead atoms. The van der Waals surface area contributed by atoms with Crippen LogP contribution >= 0.6 is 0 Å². The summed E-state index contributed by atoms with van der Waals surface area (Å²) in [6, 6.07) is 14.3. The molecule has 0 unspecified atom stereocenters. The highest BCUT2D eigenvalue weighted by atomic mass is 16.6. The molecule has 0 saturated heterocycles. The topological polar surface area (TPSA) is 86.5 Å². The first-order valence-electron chi connectivity index (χ1n) is 6.74. The van der Waals surface area contributed by atoms with Crippen molar-refractivity contribution in [1.29, 1.82) is 0 Å². The number of rotatable bonds is 6. The predicted octanol–water partition coefficient (Wildman–Crippen LogP) is 3.03. The smallest absolute Gasteiger partial charge is 0.331 e. The molecule has 0 amide bonds. The van der Waals surface area contributed by atoms with Gasteiger partial charge in [-0.25, -0.2) is 4.79 Å². The fourth-order valence-corrected chi connectivity index (χ4v) is 1.77. The molecule has 0 aliphatic carbocycles. The summed E-state index contributed by atoms with van der Waals surface area (Å²) in [6.45, 7) is -0.421. The van der Waals surface area contributed by atoms with Crippen LogP contribution in [-0.4, -0.2) is 23.3 Å². The van der Waals surface area contributed by atoms with Crippen molar-refractivity contribution in [3.8, 4) is 0 Å². The van der Waals surface area contributed by atoms with Crippen LogP contribution in [0, 0.1) is 10.1 Å². The highest BCUT2D eigenvalue weighted by Gasteiger charge is 2.11. The van der Waals surface area contributed by atoms with Gasteiger partial charge >= 0.3 is 5.97 Å². The zero-order chi connectivity index (χ0) is 16.7. The predicted molar refractivity (Wildman–Crippen MR) is 83.9 cm³/mol. The number of benzene rings is 2. The summed E-state index contributed by atoms with van der Waals surface area (Å²) in [7, 11) is 0.